The Morgan fingerprint density at radius 1 is 0.714 bits per heavy atom. The first-order valence-corrected chi connectivity index (χ1v) is 18.4. The summed E-state index contributed by atoms with van der Waals surface area (Å²) < 4.78 is 0. The van der Waals surface area contributed by atoms with Crippen LogP contribution in [0.4, 0.5) is 0 Å². The van der Waals surface area contributed by atoms with Crippen molar-refractivity contribution in [3.05, 3.63) is 71.8 Å². The zero-order chi connectivity index (χ0) is 21.1. The number of hydrogen-bond donors (Lipinski definition) is 0. The van der Waals surface area contributed by atoms with E-state index in [1.54, 1.807) is 0 Å². The van der Waals surface area contributed by atoms with Crippen LogP contribution in [0.25, 0.3) is 0 Å². The Labute approximate surface area is 190 Å². The van der Waals surface area contributed by atoms with Gasteiger partial charge in [-0.3, -0.25) is 0 Å². The van der Waals surface area contributed by atoms with Crippen LogP contribution in [-0.4, -0.2) is 66.2 Å². The van der Waals surface area contributed by atoms with Gasteiger partial charge in [0.05, 0.1) is 0 Å². The summed E-state index contributed by atoms with van der Waals surface area (Å²) >= 11 is 0. The van der Waals surface area contributed by atoms with Crippen molar-refractivity contribution in [3.63, 3.8) is 0 Å². The molecule has 2 aromatic rings. The van der Waals surface area contributed by atoms with E-state index in [1.165, 1.54) is 0 Å². The number of rotatable bonds is 3. The summed E-state index contributed by atoms with van der Waals surface area (Å²) in [6.07, 6.45) is 1.83. The Morgan fingerprint density at radius 2 is 1.14 bits per heavy atom. The van der Waals surface area contributed by atoms with Crippen molar-refractivity contribution in [3.8, 4) is 0 Å². The first-order valence-electron chi connectivity index (χ1n) is 9.37. The van der Waals surface area contributed by atoms with Crippen LogP contribution in [0.15, 0.2) is 53.5 Å². The van der Waals surface area contributed by atoms with Crippen LogP contribution < -0.4 is 0 Å². The molecule has 5 heteroatoms. The smallest absolute Gasteiger partial charge is 0.338 e. The minimum Gasteiger partial charge on any atom is -0.338 e. The topological polar surface area (TPSA) is 12.4 Å². The summed E-state index contributed by atoms with van der Waals surface area (Å²) in [6.45, 7) is 21.1. The van der Waals surface area contributed by atoms with Gasteiger partial charge in [0.2, 0.25) is 0 Å². The predicted molar refractivity (Wildman–Crippen MR) is 140 cm³/mol. The molecular formula is C23H41FeNP3+3. The van der Waals surface area contributed by atoms with Gasteiger partial charge in [0, 0.05) is 66.5 Å². The first kappa shape index (κ1) is 32.6. The van der Waals surface area contributed by atoms with Crippen molar-refractivity contribution >= 4 is 30.0 Å². The van der Waals surface area contributed by atoms with E-state index < -0.39 is 0 Å². The maximum Gasteiger partial charge on any atom is 2.00 e. The van der Waals surface area contributed by atoms with Gasteiger partial charge in [0.25, 0.3) is 0 Å². The van der Waals surface area contributed by atoms with Crippen LogP contribution in [0, 0.1) is 12.1 Å². The van der Waals surface area contributed by atoms with Gasteiger partial charge in [0.1, 0.15) is 0 Å². The summed E-state index contributed by atoms with van der Waals surface area (Å²) in [5, 5.41) is 0. The normalized spacial score (nSPS) is 9.57. The van der Waals surface area contributed by atoms with E-state index in [0.717, 1.165) is 11.1 Å². The average molecular weight is 480 g/mol. The van der Waals surface area contributed by atoms with Crippen molar-refractivity contribution < 1.29 is 17.1 Å². The Balaban J connectivity index is -0.000000401. The number of hydrogen-bond acceptors (Lipinski definition) is 1. The quantitative estimate of drug-likeness (QED) is 0.216. The second-order valence-corrected chi connectivity index (χ2v) is 16.7. The molecule has 0 aliphatic carbocycles. The second kappa shape index (κ2) is 23.2. The maximum atomic E-state index is 4.32. The Morgan fingerprint density at radius 3 is 1.50 bits per heavy atom. The van der Waals surface area contributed by atoms with Crippen LogP contribution in [0.1, 0.15) is 11.1 Å². The van der Waals surface area contributed by atoms with E-state index >= 15 is 0 Å². The molecule has 0 fully saturated rings. The van der Waals surface area contributed by atoms with Crippen molar-refractivity contribution in [2.45, 2.75) is 6.54 Å². The van der Waals surface area contributed by atoms with Crippen LogP contribution in [0.5, 0.6) is 0 Å². The van der Waals surface area contributed by atoms with Crippen LogP contribution in [0.3, 0.4) is 0 Å². The first-order chi connectivity index (χ1) is 12.6. The Bertz CT molecular complexity index is 536. The van der Waals surface area contributed by atoms with Gasteiger partial charge in [0.15, 0.2) is 0 Å². The van der Waals surface area contributed by atoms with Crippen molar-refractivity contribution in [2.75, 3.05) is 60.0 Å². The monoisotopic (exact) mass is 480 g/mol. The fourth-order valence-electron chi connectivity index (χ4n) is 1.26. The molecule has 0 atom stereocenters. The molecule has 2 aromatic carbocycles. The fraction of sp³-hybridized carbons (Fsp3) is 0.435. The summed E-state index contributed by atoms with van der Waals surface area (Å²) in [5.74, 6) is 0. The van der Waals surface area contributed by atoms with Crippen LogP contribution in [-0.2, 0) is 23.6 Å². The molecule has 158 valence electrons. The van der Waals surface area contributed by atoms with Crippen LogP contribution in [0.2, 0.25) is 0 Å². The van der Waals surface area contributed by atoms with E-state index in [4.69, 9.17) is 0 Å². The molecule has 1 nitrogen and oxygen atoms in total. The molecule has 0 radical (unpaired) electrons. The molecule has 0 unspecified atom stereocenters. The molecule has 0 aliphatic rings. The third kappa shape index (κ3) is 33.5. The Hall–Kier alpha value is -0.0805. The zero-order valence-corrected chi connectivity index (χ0v) is 23.3. The van der Waals surface area contributed by atoms with Gasteiger partial charge in [-0.2, -0.15) is 30.3 Å². The summed E-state index contributed by atoms with van der Waals surface area (Å²) in [5.41, 5.74) is 2.11. The van der Waals surface area contributed by atoms with Gasteiger partial charge < -0.3 is 4.99 Å². The van der Waals surface area contributed by atoms with E-state index in [1.807, 2.05) is 54.7 Å². The molecule has 0 heterocycles. The van der Waals surface area contributed by atoms with Gasteiger partial charge in [-0.25, -0.2) is 0 Å². The summed E-state index contributed by atoms with van der Waals surface area (Å²) in [6, 6.07) is 21.9. The molecular weight excluding hydrogens is 439 g/mol. The summed E-state index contributed by atoms with van der Waals surface area (Å²) in [4.78, 5) is 4.32. The molecule has 28 heavy (non-hydrogen) atoms. The SMILES string of the molecule is C[PH+](C)C.C[PH+](C)C.C[PH+](C)C.[Fe+2].[c-]1ccccc1C=NCc1[c-]cccc1. The molecule has 2 rings (SSSR count). The number of benzene rings is 2. The maximum absolute atomic E-state index is 4.32. The largest absolute Gasteiger partial charge is 2.00 e. The third-order valence-corrected chi connectivity index (χ3v) is 2.00. The average Bonchev–Trinajstić information content (AvgIpc) is 2.55. The summed E-state index contributed by atoms with van der Waals surface area (Å²) in [7, 11) is 0.361. The van der Waals surface area contributed by atoms with Gasteiger partial charge >= 0.3 is 17.1 Å². The van der Waals surface area contributed by atoms with Gasteiger partial charge in [-0.05, 0) is 23.8 Å². The van der Waals surface area contributed by atoms with Gasteiger partial charge in [-0.1, -0.05) is 6.21 Å². The van der Waals surface area contributed by atoms with Crippen molar-refractivity contribution in [2.24, 2.45) is 4.99 Å². The fourth-order valence-corrected chi connectivity index (χ4v) is 1.26. The van der Waals surface area contributed by atoms with E-state index in [9.17, 15) is 0 Å². The molecule has 0 saturated carbocycles. The molecule has 0 saturated heterocycles. The van der Waals surface area contributed by atoms with E-state index in [-0.39, 0.29) is 40.8 Å². The minimum absolute atomic E-state index is 0. The predicted octanol–water partition coefficient (Wildman–Crippen LogP) is 6.17. The zero-order valence-electron chi connectivity index (χ0n) is 19.2. The van der Waals surface area contributed by atoms with Crippen molar-refractivity contribution in [1.82, 2.24) is 0 Å². The third-order valence-electron chi connectivity index (χ3n) is 2.00. The van der Waals surface area contributed by atoms with Crippen LogP contribution >= 0.6 is 23.8 Å². The van der Waals surface area contributed by atoms with Crippen molar-refractivity contribution in [1.29, 1.82) is 0 Å². The molecule has 0 amide bonds. The number of aliphatic imine (C=N–C) groups is 1. The Kier molecular flexibility index (Phi) is 27.0. The standard InChI is InChI=1S/C14H11N.3C3H9P.Fe/c1-3-7-13(8-4-1)11-15-12-14-9-5-2-6-10-14;3*1-4(2)3;/h1-7,9,11H,12H2;3*1-3H3;/q-2;;;;+2/p+3. The van der Waals surface area contributed by atoms with E-state index in [0.29, 0.717) is 6.54 Å². The molecule has 0 spiro atoms. The second-order valence-electron chi connectivity index (χ2n) is 7.68. The van der Waals surface area contributed by atoms with Gasteiger partial charge in [-0.15, -0.1) is 41.5 Å². The number of nitrogens with zero attached hydrogens (tertiary/aromatic N) is 1. The minimum atomic E-state index is 0. The van der Waals surface area contributed by atoms with E-state index in [2.05, 4.69) is 77.1 Å². The molecule has 0 aromatic heterocycles. The molecule has 0 aliphatic heterocycles. The molecule has 0 bridgehead atoms. The molecule has 0 N–H and O–H groups in total.